The van der Waals surface area contributed by atoms with E-state index in [1.165, 1.54) is 5.56 Å². The van der Waals surface area contributed by atoms with Crippen molar-refractivity contribution in [1.29, 1.82) is 0 Å². The Morgan fingerprint density at radius 2 is 1.87 bits per heavy atom. The van der Waals surface area contributed by atoms with E-state index in [1.807, 2.05) is 43.1 Å². The van der Waals surface area contributed by atoms with Crippen LogP contribution in [-0.2, 0) is 4.79 Å². The molecule has 1 heterocycles. The van der Waals surface area contributed by atoms with E-state index in [2.05, 4.69) is 15.6 Å². The van der Waals surface area contributed by atoms with Crippen LogP contribution in [0.2, 0.25) is 0 Å². The molecule has 3 nitrogen and oxygen atoms in total. The molecule has 0 N–H and O–H groups in total. The van der Waals surface area contributed by atoms with Gasteiger partial charge in [-0.15, -0.1) is 0 Å². The van der Waals surface area contributed by atoms with E-state index in [0.717, 1.165) is 10.4 Å². The van der Waals surface area contributed by atoms with Crippen LogP contribution < -0.4 is 4.90 Å². The molecule has 0 atom stereocenters. The van der Waals surface area contributed by atoms with Crippen LogP contribution in [0, 0.1) is 6.92 Å². The van der Waals surface area contributed by atoms with Gasteiger partial charge in [-0.25, -0.2) is 0 Å². The number of carbonyl (C=O) groups excluding carboxylic acids is 1. The Labute approximate surface area is 97.0 Å². The second kappa shape index (κ2) is 3.80. The molecule has 1 saturated heterocycles. The Balaban J connectivity index is 2.35. The third-order valence-electron chi connectivity index (χ3n) is 2.43. The van der Waals surface area contributed by atoms with Gasteiger partial charge in [0, 0.05) is 0 Å². The number of likely N-dealkylation sites (N-methyl/N-ethyl adjacent to an activating group) is 1. The Kier molecular flexibility index (Phi) is 2.63. The van der Waals surface area contributed by atoms with E-state index < -0.39 is 0 Å². The van der Waals surface area contributed by atoms with Crippen molar-refractivity contribution >= 4 is 31.8 Å². The topological polar surface area (TPSA) is 23.6 Å². The first-order chi connectivity index (χ1) is 7.09. The molecule has 15 heavy (non-hydrogen) atoms. The van der Waals surface area contributed by atoms with Gasteiger partial charge in [-0.2, -0.15) is 0 Å². The van der Waals surface area contributed by atoms with Gasteiger partial charge < -0.3 is 0 Å². The van der Waals surface area contributed by atoms with Gasteiger partial charge >= 0.3 is 96.8 Å². The van der Waals surface area contributed by atoms with Crippen LogP contribution in [-0.4, -0.2) is 44.6 Å². The summed E-state index contributed by atoms with van der Waals surface area (Å²) >= 11 is 2.93. The number of benzene rings is 1. The van der Waals surface area contributed by atoms with E-state index >= 15 is 0 Å². The molecule has 0 aliphatic carbocycles. The number of anilines is 1. The van der Waals surface area contributed by atoms with Crippen molar-refractivity contribution in [2.45, 2.75) is 6.92 Å². The van der Waals surface area contributed by atoms with Crippen LogP contribution in [0.25, 0.3) is 0 Å². The van der Waals surface area contributed by atoms with Crippen molar-refractivity contribution < 1.29 is 4.79 Å². The number of rotatable bonds is 1. The van der Waals surface area contributed by atoms with Crippen molar-refractivity contribution in [3.8, 4) is 0 Å². The molecule has 0 saturated carbocycles. The first-order valence-electron chi connectivity index (χ1n) is 4.74. The summed E-state index contributed by atoms with van der Waals surface area (Å²) in [5, 5.41) is 0. The number of hydrogen-bond acceptors (Lipinski definition) is 2. The molecule has 0 spiro atoms. The number of amides is 1. The monoisotopic (exact) mass is 268 g/mol. The first kappa shape index (κ1) is 10.4. The van der Waals surface area contributed by atoms with Crippen LogP contribution in [0.15, 0.2) is 24.3 Å². The molecular weight excluding hydrogens is 255 g/mol. The van der Waals surface area contributed by atoms with Gasteiger partial charge in [-0.3, -0.25) is 0 Å². The standard InChI is InChI=1S/C11H12N2OSe/c1-8-3-5-9(6-4-8)13-10(14)7-12(2)11(13)15/h3-6H,7H2,1-2H3. The Morgan fingerprint density at radius 1 is 1.27 bits per heavy atom. The quantitative estimate of drug-likeness (QED) is 0.693. The molecule has 1 aromatic carbocycles. The molecule has 0 radical (unpaired) electrons. The molecule has 1 fully saturated rings. The number of hydrogen-bond donors (Lipinski definition) is 0. The summed E-state index contributed by atoms with van der Waals surface area (Å²) in [7, 11) is 1.90. The van der Waals surface area contributed by atoms with E-state index in [9.17, 15) is 4.79 Å². The molecule has 1 aliphatic rings. The van der Waals surface area contributed by atoms with Gasteiger partial charge in [-0.1, -0.05) is 0 Å². The molecular formula is C11H12N2OSe. The van der Waals surface area contributed by atoms with Gasteiger partial charge in [0.1, 0.15) is 0 Å². The summed E-state index contributed by atoms with van der Waals surface area (Å²) in [5.41, 5.74) is 2.11. The predicted molar refractivity (Wildman–Crippen MR) is 62.1 cm³/mol. The number of aryl methyl sites for hydroxylation is 1. The minimum absolute atomic E-state index is 0.107. The molecule has 2 rings (SSSR count). The van der Waals surface area contributed by atoms with Gasteiger partial charge in [0.05, 0.1) is 0 Å². The molecule has 1 aromatic rings. The van der Waals surface area contributed by atoms with E-state index in [1.54, 1.807) is 4.90 Å². The van der Waals surface area contributed by atoms with Crippen molar-refractivity contribution in [1.82, 2.24) is 4.90 Å². The summed E-state index contributed by atoms with van der Waals surface area (Å²) in [6.45, 7) is 2.47. The fourth-order valence-electron chi connectivity index (χ4n) is 1.57. The first-order valence-corrected chi connectivity index (χ1v) is 5.60. The molecule has 4 heteroatoms. The predicted octanol–water partition coefficient (Wildman–Crippen LogP) is 0.529. The third kappa shape index (κ3) is 1.83. The molecule has 1 aliphatic heterocycles. The summed E-state index contributed by atoms with van der Waals surface area (Å²) < 4.78 is 0.865. The van der Waals surface area contributed by atoms with Crippen molar-refractivity contribution in [2.75, 3.05) is 18.5 Å². The maximum atomic E-state index is 11.7. The maximum absolute atomic E-state index is 11.7. The summed E-state index contributed by atoms with van der Waals surface area (Å²) in [6, 6.07) is 7.94. The second-order valence-corrected chi connectivity index (χ2v) is 4.47. The van der Waals surface area contributed by atoms with Gasteiger partial charge in [-0.05, 0) is 0 Å². The summed E-state index contributed by atoms with van der Waals surface area (Å²) in [4.78, 5) is 15.3. The SMILES string of the molecule is Cc1ccc(N2C(=O)CN(C)C2=[Se])cc1. The molecule has 0 aromatic heterocycles. The zero-order chi connectivity index (χ0) is 11.0. The molecule has 0 bridgehead atoms. The van der Waals surface area contributed by atoms with E-state index in [0.29, 0.717) is 6.54 Å². The Bertz CT molecular complexity index is 413. The van der Waals surface area contributed by atoms with Crippen molar-refractivity contribution in [2.24, 2.45) is 0 Å². The molecule has 0 unspecified atom stereocenters. The van der Waals surface area contributed by atoms with Crippen LogP contribution >= 0.6 is 0 Å². The second-order valence-electron chi connectivity index (χ2n) is 3.70. The third-order valence-corrected chi connectivity index (χ3v) is 3.47. The zero-order valence-electron chi connectivity index (χ0n) is 8.73. The minimum atomic E-state index is 0.107. The van der Waals surface area contributed by atoms with Crippen molar-refractivity contribution in [3.63, 3.8) is 0 Å². The van der Waals surface area contributed by atoms with Crippen molar-refractivity contribution in [3.05, 3.63) is 29.8 Å². The van der Waals surface area contributed by atoms with E-state index in [-0.39, 0.29) is 5.91 Å². The molecule has 78 valence electrons. The van der Waals surface area contributed by atoms with Crippen LogP contribution in [0.5, 0.6) is 0 Å². The molecule has 1 amide bonds. The Hall–Kier alpha value is -1.12. The zero-order valence-corrected chi connectivity index (χ0v) is 10.4. The van der Waals surface area contributed by atoms with Gasteiger partial charge in [0.2, 0.25) is 0 Å². The van der Waals surface area contributed by atoms with Gasteiger partial charge in [0.15, 0.2) is 0 Å². The summed E-state index contributed by atoms with van der Waals surface area (Å²) in [6.07, 6.45) is 0. The summed E-state index contributed by atoms with van der Waals surface area (Å²) in [5.74, 6) is 0.107. The normalized spacial score (nSPS) is 16.4. The van der Waals surface area contributed by atoms with Crippen LogP contribution in [0.4, 0.5) is 5.69 Å². The van der Waals surface area contributed by atoms with Gasteiger partial charge in [0.25, 0.3) is 0 Å². The fourth-order valence-corrected chi connectivity index (χ4v) is 2.14. The van der Waals surface area contributed by atoms with Crippen LogP contribution in [0.3, 0.4) is 0 Å². The van der Waals surface area contributed by atoms with Crippen LogP contribution in [0.1, 0.15) is 5.56 Å². The number of carbonyl (C=O) groups is 1. The number of nitrogens with zero attached hydrogens (tertiary/aromatic N) is 2. The Morgan fingerprint density at radius 3 is 2.33 bits per heavy atom. The average Bonchev–Trinajstić information content (AvgIpc) is 2.44. The van der Waals surface area contributed by atoms with E-state index in [4.69, 9.17) is 0 Å². The fraction of sp³-hybridized carbons (Fsp3) is 0.273. The average molecular weight is 267 g/mol.